The van der Waals surface area contributed by atoms with Crippen LogP contribution in [0, 0.1) is 0 Å². The van der Waals surface area contributed by atoms with Crippen molar-refractivity contribution in [3.8, 4) is 0 Å². The molecule has 1 amide bonds. The first kappa shape index (κ1) is 15.4. The molecule has 0 atom stereocenters. The van der Waals surface area contributed by atoms with Gasteiger partial charge in [-0.15, -0.1) is 0 Å². The van der Waals surface area contributed by atoms with E-state index < -0.39 is 6.09 Å². The number of unbranched alkanes of at least 4 members (excludes halogenated alkanes) is 5. The summed E-state index contributed by atoms with van der Waals surface area (Å²) in [6, 6.07) is 0. The zero-order valence-electron chi connectivity index (χ0n) is 8.55. The molecule has 0 aliphatic heterocycles. The standard InChI is InChI=1S/C9H19NO2.Zn/c1-2-3-4-5-6-7-8-12-9(10)11;/h2-8H2,1H3,(H2,10,11);/q;+2. The third-order valence-electron chi connectivity index (χ3n) is 1.74. The summed E-state index contributed by atoms with van der Waals surface area (Å²) in [5, 5.41) is 0. The Kier molecular flexibility index (Phi) is 14.1. The number of carbonyl (C=O) groups excluding carboxylic acids is 1. The first-order valence-corrected chi connectivity index (χ1v) is 4.69. The molecule has 4 heteroatoms. The second kappa shape index (κ2) is 11.9. The van der Waals surface area contributed by atoms with E-state index in [1.165, 1.54) is 25.7 Å². The van der Waals surface area contributed by atoms with Crippen LogP contribution < -0.4 is 5.73 Å². The van der Waals surface area contributed by atoms with E-state index in [4.69, 9.17) is 5.73 Å². The predicted molar refractivity (Wildman–Crippen MR) is 48.9 cm³/mol. The molecular formula is C9H19NO2Zn+2. The van der Waals surface area contributed by atoms with Crippen molar-refractivity contribution in [3.63, 3.8) is 0 Å². The molecule has 3 nitrogen and oxygen atoms in total. The van der Waals surface area contributed by atoms with Crippen LogP contribution in [-0.4, -0.2) is 12.7 Å². The topological polar surface area (TPSA) is 52.3 Å². The van der Waals surface area contributed by atoms with Crippen LogP contribution in [0.4, 0.5) is 4.79 Å². The van der Waals surface area contributed by atoms with Crippen molar-refractivity contribution >= 4 is 6.09 Å². The van der Waals surface area contributed by atoms with Gasteiger partial charge in [0.2, 0.25) is 0 Å². The van der Waals surface area contributed by atoms with Gasteiger partial charge in [0.1, 0.15) is 0 Å². The van der Waals surface area contributed by atoms with Crippen molar-refractivity contribution in [1.29, 1.82) is 0 Å². The van der Waals surface area contributed by atoms with E-state index in [1.807, 2.05) is 0 Å². The number of primary amides is 1. The first-order chi connectivity index (χ1) is 5.77. The third kappa shape index (κ3) is 14.7. The summed E-state index contributed by atoms with van der Waals surface area (Å²) in [4.78, 5) is 10.1. The monoisotopic (exact) mass is 237 g/mol. The molecule has 0 bridgehead atoms. The number of ether oxygens (including phenoxy) is 1. The molecule has 0 aliphatic rings. The summed E-state index contributed by atoms with van der Waals surface area (Å²) < 4.78 is 4.59. The second-order valence-electron chi connectivity index (χ2n) is 2.94. The number of carbonyl (C=O) groups is 1. The Bertz CT molecular complexity index is 120. The Labute approximate surface area is 93.2 Å². The molecule has 0 fully saturated rings. The molecule has 2 N–H and O–H groups in total. The van der Waals surface area contributed by atoms with Crippen molar-refractivity contribution < 1.29 is 29.0 Å². The summed E-state index contributed by atoms with van der Waals surface area (Å²) in [7, 11) is 0. The van der Waals surface area contributed by atoms with Gasteiger partial charge in [-0.1, -0.05) is 39.0 Å². The summed E-state index contributed by atoms with van der Waals surface area (Å²) >= 11 is 0. The van der Waals surface area contributed by atoms with Crippen LogP contribution in [0.15, 0.2) is 0 Å². The molecule has 0 saturated heterocycles. The summed E-state index contributed by atoms with van der Waals surface area (Å²) in [5.74, 6) is 0. The average Bonchev–Trinajstić information content (AvgIpc) is 2.02. The van der Waals surface area contributed by atoms with Crippen molar-refractivity contribution in [3.05, 3.63) is 0 Å². The van der Waals surface area contributed by atoms with Crippen molar-refractivity contribution in [1.82, 2.24) is 0 Å². The van der Waals surface area contributed by atoms with Gasteiger partial charge in [-0.25, -0.2) is 4.79 Å². The van der Waals surface area contributed by atoms with Gasteiger partial charge in [0.15, 0.2) is 0 Å². The van der Waals surface area contributed by atoms with Gasteiger partial charge in [0, 0.05) is 0 Å². The smallest absolute Gasteiger partial charge is 0.450 e. The van der Waals surface area contributed by atoms with Gasteiger partial charge in [-0.2, -0.15) is 0 Å². The molecule has 0 aromatic rings. The van der Waals surface area contributed by atoms with Crippen LogP contribution in [-0.2, 0) is 24.2 Å². The maximum atomic E-state index is 10.1. The van der Waals surface area contributed by atoms with Gasteiger partial charge in [-0.3, -0.25) is 0 Å². The van der Waals surface area contributed by atoms with Crippen LogP contribution in [0.3, 0.4) is 0 Å². The first-order valence-electron chi connectivity index (χ1n) is 4.69. The largest absolute Gasteiger partial charge is 2.00 e. The van der Waals surface area contributed by atoms with Crippen molar-refractivity contribution in [2.24, 2.45) is 5.73 Å². The minimum atomic E-state index is -0.663. The van der Waals surface area contributed by atoms with E-state index in [0.29, 0.717) is 6.61 Å². The Hall–Kier alpha value is -0.107. The number of rotatable bonds is 7. The zero-order valence-corrected chi connectivity index (χ0v) is 11.5. The quantitative estimate of drug-likeness (QED) is 0.547. The van der Waals surface area contributed by atoms with Gasteiger partial charge in [0.25, 0.3) is 0 Å². The van der Waals surface area contributed by atoms with Gasteiger partial charge < -0.3 is 10.5 Å². The maximum absolute atomic E-state index is 10.1. The van der Waals surface area contributed by atoms with E-state index >= 15 is 0 Å². The number of nitrogens with two attached hydrogens (primary N) is 1. The van der Waals surface area contributed by atoms with E-state index in [0.717, 1.165) is 12.8 Å². The summed E-state index contributed by atoms with van der Waals surface area (Å²) in [6.07, 6.45) is 6.49. The van der Waals surface area contributed by atoms with Crippen LogP contribution >= 0.6 is 0 Å². The van der Waals surface area contributed by atoms with Gasteiger partial charge in [0.05, 0.1) is 6.61 Å². The number of amides is 1. The molecule has 0 heterocycles. The van der Waals surface area contributed by atoms with Crippen molar-refractivity contribution in [2.45, 2.75) is 45.4 Å². The molecule has 0 saturated carbocycles. The SMILES string of the molecule is CCCCCCCCOC(N)=O.[Zn+2]. The minimum absolute atomic E-state index is 0. The molecule has 0 aromatic carbocycles. The zero-order chi connectivity index (χ0) is 9.23. The molecule has 0 radical (unpaired) electrons. The maximum Gasteiger partial charge on any atom is 2.00 e. The molecular weight excluding hydrogens is 219 g/mol. The molecule has 72 valence electrons. The molecule has 0 aliphatic carbocycles. The normalized spacial score (nSPS) is 9.00. The Morgan fingerprint density at radius 2 is 1.69 bits per heavy atom. The molecule has 13 heavy (non-hydrogen) atoms. The van der Waals surface area contributed by atoms with Crippen LogP contribution in [0.25, 0.3) is 0 Å². The fraction of sp³-hybridized carbons (Fsp3) is 0.889. The molecule has 0 spiro atoms. The van der Waals surface area contributed by atoms with Crippen molar-refractivity contribution in [2.75, 3.05) is 6.61 Å². The van der Waals surface area contributed by atoms with E-state index in [-0.39, 0.29) is 19.5 Å². The Balaban J connectivity index is 0. The Morgan fingerprint density at radius 3 is 2.23 bits per heavy atom. The number of hydrogen-bond donors (Lipinski definition) is 1. The summed E-state index contributed by atoms with van der Waals surface area (Å²) in [5.41, 5.74) is 4.79. The average molecular weight is 239 g/mol. The third-order valence-corrected chi connectivity index (χ3v) is 1.74. The Morgan fingerprint density at radius 1 is 1.15 bits per heavy atom. The minimum Gasteiger partial charge on any atom is -0.450 e. The second-order valence-corrected chi connectivity index (χ2v) is 2.94. The van der Waals surface area contributed by atoms with E-state index in [1.54, 1.807) is 0 Å². The van der Waals surface area contributed by atoms with Crippen LogP contribution in [0.2, 0.25) is 0 Å². The molecule has 0 unspecified atom stereocenters. The predicted octanol–water partition coefficient (Wildman–Crippen LogP) is 2.44. The van der Waals surface area contributed by atoms with Crippen LogP contribution in [0.5, 0.6) is 0 Å². The van der Waals surface area contributed by atoms with Crippen LogP contribution in [0.1, 0.15) is 45.4 Å². The molecule has 0 aromatic heterocycles. The fourth-order valence-electron chi connectivity index (χ4n) is 1.06. The van der Waals surface area contributed by atoms with E-state index in [9.17, 15) is 4.79 Å². The molecule has 0 rings (SSSR count). The number of hydrogen-bond acceptors (Lipinski definition) is 2. The fourth-order valence-corrected chi connectivity index (χ4v) is 1.06. The van der Waals surface area contributed by atoms with E-state index in [2.05, 4.69) is 11.7 Å². The van der Waals surface area contributed by atoms with Gasteiger partial charge in [-0.05, 0) is 6.42 Å². The van der Waals surface area contributed by atoms with Gasteiger partial charge >= 0.3 is 25.6 Å². The summed E-state index contributed by atoms with van der Waals surface area (Å²) in [6.45, 7) is 2.66.